The number of ether oxygens (including phenoxy) is 2. The van der Waals surface area contributed by atoms with Crippen molar-refractivity contribution in [2.24, 2.45) is 0 Å². The average Bonchev–Trinajstić information content (AvgIpc) is 2.74. The number of rotatable bonds is 15. The molecule has 0 aliphatic carbocycles. The van der Waals surface area contributed by atoms with Crippen molar-refractivity contribution >= 4 is 85.0 Å². The summed E-state index contributed by atoms with van der Waals surface area (Å²) in [5.74, 6) is -0.100. The summed E-state index contributed by atoms with van der Waals surface area (Å²) in [6.07, 6.45) is 2.13. The molecule has 1 rings (SSSR count). The molecule has 0 heterocycles. The van der Waals surface area contributed by atoms with Crippen molar-refractivity contribution in [3.05, 3.63) is 21.8 Å². The number of halogens is 3. The van der Waals surface area contributed by atoms with Crippen molar-refractivity contribution in [1.29, 1.82) is 0 Å². The maximum Gasteiger partial charge on any atom is 0.165 e. The van der Waals surface area contributed by atoms with E-state index in [1.165, 1.54) is 0 Å². The van der Waals surface area contributed by atoms with Crippen LogP contribution in [0.15, 0.2) is 0 Å². The Hall–Kier alpha value is 0.390. The topological polar surface area (TPSA) is 105 Å². The van der Waals surface area contributed by atoms with Crippen LogP contribution in [-0.2, 0) is 9.47 Å². The largest absolute Gasteiger partial charge is 0.396 e. The Kier molecular flexibility index (Phi) is 14.5. The van der Waals surface area contributed by atoms with E-state index in [9.17, 15) is 9.59 Å². The number of anilines is 1. The Morgan fingerprint density at radius 1 is 0.806 bits per heavy atom. The zero-order chi connectivity index (χ0) is 23.6. The highest BCUT2D eigenvalue weighted by Gasteiger charge is 2.27. The van der Waals surface area contributed by atoms with Crippen molar-refractivity contribution in [2.45, 2.75) is 50.7 Å². The van der Waals surface area contributed by atoms with Crippen molar-refractivity contribution in [2.75, 3.05) is 39.8 Å². The van der Waals surface area contributed by atoms with Gasteiger partial charge in [-0.1, -0.05) is 0 Å². The van der Waals surface area contributed by atoms with Crippen molar-refractivity contribution in [1.82, 2.24) is 0 Å². The smallest absolute Gasteiger partial charge is 0.165 e. The minimum absolute atomic E-state index is 0.00655. The molecule has 0 aliphatic rings. The Bertz CT molecular complexity index is 702. The normalized spacial score (nSPS) is 13.2. The summed E-state index contributed by atoms with van der Waals surface area (Å²) >= 11 is 6.41. The lowest BCUT2D eigenvalue weighted by atomic mass is 9.97. The van der Waals surface area contributed by atoms with Gasteiger partial charge in [-0.2, -0.15) is 0 Å². The quantitative estimate of drug-likeness (QED) is 0.181. The predicted molar refractivity (Wildman–Crippen MR) is 146 cm³/mol. The maximum atomic E-state index is 13.1. The maximum absolute atomic E-state index is 13.1. The Balaban J connectivity index is 3.24. The first-order valence-corrected chi connectivity index (χ1v) is 13.2. The van der Waals surface area contributed by atoms with Gasteiger partial charge < -0.3 is 25.0 Å². The Labute approximate surface area is 224 Å². The van der Waals surface area contributed by atoms with E-state index in [1.807, 2.05) is 0 Å². The zero-order valence-corrected chi connectivity index (χ0v) is 24.4. The lowest BCUT2D eigenvalue weighted by molar-refractivity contribution is 0.0652. The van der Waals surface area contributed by atoms with E-state index in [0.29, 0.717) is 40.4 Å². The third kappa shape index (κ3) is 8.28. The molecule has 2 unspecified atom stereocenters. The number of aliphatic hydroxyl groups is 2. The van der Waals surface area contributed by atoms with Gasteiger partial charge in [0.25, 0.3) is 0 Å². The van der Waals surface area contributed by atoms with Crippen molar-refractivity contribution < 1.29 is 29.3 Å². The molecule has 0 saturated carbocycles. The van der Waals surface area contributed by atoms with E-state index in [1.54, 1.807) is 21.3 Å². The number of carbonyl (C=O) groups excluding carboxylic acids is 2. The van der Waals surface area contributed by atoms with Crippen LogP contribution in [0.5, 0.6) is 0 Å². The van der Waals surface area contributed by atoms with Gasteiger partial charge in [0.15, 0.2) is 11.6 Å². The highest BCUT2D eigenvalue weighted by Crippen LogP contribution is 2.37. The van der Waals surface area contributed by atoms with Crippen LogP contribution < -0.4 is 5.32 Å². The summed E-state index contributed by atoms with van der Waals surface area (Å²) < 4.78 is 12.9. The molecule has 0 saturated heterocycles. The van der Waals surface area contributed by atoms with Gasteiger partial charge in [-0.25, -0.2) is 0 Å². The zero-order valence-electron chi connectivity index (χ0n) is 18.0. The molecule has 0 fully saturated rings. The van der Waals surface area contributed by atoms with Gasteiger partial charge in [0, 0.05) is 69.2 Å². The van der Waals surface area contributed by atoms with E-state index in [2.05, 4.69) is 73.1 Å². The van der Waals surface area contributed by atoms with Crippen LogP contribution in [-0.4, -0.2) is 68.5 Å². The molecule has 10 heteroatoms. The number of carbonyl (C=O) groups is 2. The number of ketones is 2. The van der Waals surface area contributed by atoms with Gasteiger partial charge in [0.2, 0.25) is 0 Å². The molecule has 0 spiro atoms. The Morgan fingerprint density at radius 3 is 1.48 bits per heavy atom. The van der Waals surface area contributed by atoms with E-state index in [-0.39, 0.29) is 49.8 Å². The van der Waals surface area contributed by atoms with Gasteiger partial charge in [-0.15, -0.1) is 0 Å². The molecule has 0 aliphatic heterocycles. The SMILES string of the molecule is CNc1c(I)c(C(=O)CCC(CCO)OC)c(I)c(C(=O)CCC(CCO)OC)c1I. The summed E-state index contributed by atoms with van der Waals surface area (Å²) in [6, 6.07) is 0. The Morgan fingerprint density at radius 2 is 1.19 bits per heavy atom. The van der Waals surface area contributed by atoms with E-state index in [4.69, 9.17) is 19.7 Å². The molecule has 1 aromatic carbocycles. The van der Waals surface area contributed by atoms with E-state index >= 15 is 0 Å². The first kappa shape index (κ1) is 29.4. The van der Waals surface area contributed by atoms with Crippen LogP contribution in [0.4, 0.5) is 5.69 Å². The van der Waals surface area contributed by atoms with Crippen molar-refractivity contribution in [3.8, 4) is 0 Å². The number of methoxy groups -OCH3 is 2. The number of benzene rings is 1. The van der Waals surface area contributed by atoms with Crippen LogP contribution in [0.3, 0.4) is 0 Å². The summed E-state index contributed by atoms with van der Waals surface area (Å²) in [5, 5.41) is 21.4. The fourth-order valence-electron chi connectivity index (χ4n) is 3.26. The number of nitrogens with one attached hydrogen (secondary N) is 1. The first-order valence-electron chi connectivity index (χ1n) is 9.99. The van der Waals surface area contributed by atoms with Gasteiger partial charge in [-0.05, 0) is 93.5 Å². The highest BCUT2D eigenvalue weighted by molar-refractivity contribution is 14.1. The van der Waals surface area contributed by atoms with Crippen LogP contribution >= 0.6 is 67.8 Å². The lowest BCUT2D eigenvalue weighted by Crippen LogP contribution is -2.19. The second-order valence-electron chi connectivity index (χ2n) is 6.98. The third-order valence-electron chi connectivity index (χ3n) is 5.08. The van der Waals surface area contributed by atoms with Gasteiger partial charge in [0.05, 0.1) is 17.9 Å². The van der Waals surface area contributed by atoms with Crippen LogP contribution in [0.2, 0.25) is 0 Å². The van der Waals surface area contributed by atoms with Gasteiger partial charge >= 0.3 is 0 Å². The molecule has 0 radical (unpaired) electrons. The lowest BCUT2D eigenvalue weighted by Gasteiger charge is -2.20. The molecule has 2 atom stereocenters. The number of aliphatic hydroxyl groups excluding tert-OH is 2. The second kappa shape index (κ2) is 15.3. The van der Waals surface area contributed by atoms with E-state index in [0.717, 1.165) is 12.8 Å². The molecule has 0 aromatic heterocycles. The molecular formula is C21H30I3NO6. The van der Waals surface area contributed by atoms with Crippen LogP contribution in [0.1, 0.15) is 59.2 Å². The summed E-state index contributed by atoms with van der Waals surface area (Å²) in [5.41, 5.74) is 1.87. The van der Waals surface area contributed by atoms with Crippen LogP contribution in [0, 0.1) is 10.7 Å². The molecule has 0 amide bonds. The minimum Gasteiger partial charge on any atom is -0.396 e. The van der Waals surface area contributed by atoms with Crippen molar-refractivity contribution in [3.63, 3.8) is 0 Å². The highest BCUT2D eigenvalue weighted by atomic mass is 127. The molecule has 0 bridgehead atoms. The summed E-state index contributed by atoms with van der Waals surface area (Å²) in [4.78, 5) is 26.3. The van der Waals surface area contributed by atoms with Gasteiger partial charge in [-0.3, -0.25) is 9.59 Å². The number of Topliss-reactive ketones (excluding diaryl/α,β-unsaturated/α-hetero) is 2. The summed E-state index contributed by atoms with van der Waals surface area (Å²) in [7, 11) is 4.92. The number of hydrogen-bond acceptors (Lipinski definition) is 7. The number of hydrogen-bond donors (Lipinski definition) is 3. The standard InChI is InChI=1S/C21H30I3NO6/c1-25-21-19(23)16(14(28)6-4-12(30-2)8-10-26)18(22)17(20(21)24)15(29)7-5-13(31-3)9-11-27/h12-13,25-27H,4-11H2,1-3H3. The average molecular weight is 773 g/mol. The molecule has 176 valence electrons. The molecular weight excluding hydrogens is 743 g/mol. The van der Waals surface area contributed by atoms with Gasteiger partial charge in [0.1, 0.15) is 0 Å². The monoisotopic (exact) mass is 773 g/mol. The fourth-order valence-corrected chi connectivity index (χ4v) is 8.16. The fraction of sp³-hybridized carbons (Fsp3) is 0.619. The third-order valence-corrected chi connectivity index (χ3v) is 8.32. The first-order chi connectivity index (χ1) is 14.8. The van der Waals surface area contributed by atoms with Crippen LogP contribution in [0.25, 0.3) is 0 Å². The predicted octanol–water partition coefficient (Wildman–Crippen LogP) is 4.26. The molecule has 7 nitrogen and oxygen atoms in total. The van der Waals surface area contributed by atoms with E-state index < -0.39 is 0 Å². The minimum atomic E-state index is -0.185. The molecule has 3 N–H and O–H groups in total. The molecule has 1 aromatic rings. The summed E-state index contributed by atoms with van der Waals surface area (Å²) in [6.45, 7) is 0.0131. The molecule has 31 heavy (non-hydrogen) atoms. The second-order valence-corrected chi connectivity index (χ2v) is 10.2.